The first kappa shape index (κ1) is 12.5. The number of hydrogen-bond donors (Lipinski definition) is 0. The van der Waals surface area contributed by atoms with Crippen LogP contribution < -0.4 is 4.74 Å². The third-order valence-corrected chi connectivity index (χ3v) is 3.34. The van der Waals surface area contributed by atoms with Crippen LogP contribution in [0.3, 0.4) is 0 Å². The molecule has 5 heteroatoms. The number of esters is 1. The topological polar surface area (TPSA) is 35.5 Å². The summed E-state index contributed by atoms with van der Waals surface area (Å²) >= 11 is 6.64. The molecule has 0 aliphatic heterocycles. The normalized spacial score (nSPS) is 9.87. The van der Waals surface area contributed by atoms with Crippen molar-refractivity contribution in [3.8, 4) is 5.75 Å². The summed E-state index contributed by atoms with van der Waals surface area (Å²) in [5, 5.41) is 0.583. The van der Waals surface area contributed by atoms with E-state index in [0.29, 0.717) is 21.1 Å². The van der Waals surface area contributed by atoms with Gasteiger partial charge in [-0.25, -0.2) is 4.79 Å². The molecule has 0 N–H and O–H groups in total. The number of carbonyl (C=O) groups excluding carboxylic acids is 1. The zero-order chi connectivity index (χ0) is 11.4. The number of hydrogen-bond acceptors (Lipinski definition) is 3. The van der Waals surface area contributed by atoms with Crippen LogP contribution in [0.5, 0.6) is 5.75 Å². The molecule has 0 bridgehead atoms. The Bertz CT molecular complexity index is 377. The van der Waals surface area contributed by atoms with Gasteiger partial charge in [0.15, 0.2) is 0 Å². The first-order valence-electron chi connectivity index (χ1n) is 4.15. The van der Waals surface area contributed by atoms with Gasteiger partial charge in [-0.15, -0.1) is 0 Å². The first-order chi connectivity index (χ1) is 7.15. The van der Waals surface area contributed by atoms with E-state index in [2.05, 4.69) is 31.9 Å². The fourth-order valence-corrected chi connectivity index (χ4v) is 2.37. The van der Waals surface area contributed by atoms with Gasteiger partial charge >= 0.3 is 5.97 Å². The molecule has 82 valence electrons. The van der Waals surface area contributed by atoms with E-state index in [9.17, 15) is 4.79 Å². The number of halogens is 2. The third kappa shape index (κ3) is 2.52. The predicted molar refractivity (Wildman–Crippen MR) is 64.7 cm³/mol. The molecule has 0 aliphatic rings. The van der Waals surface area contributed by atoms with Crippen molar-refractivity contribution in [2.75, 3.05) is 14.2 Å². The number of benzene rings is 1. The van der Waals surface area contributed by atoms with Gasteiger partial charge < -0.3 is 9.47 Å². The van der Waals surface area contributed by atoms with Crippen molar-refractivity contribution >= 4 is 37.8 Å². The van der Waals surface area contributed by atoms with Gasteiger partial charge in [-0.1, -0.05) is 22.0 Å². The second-order valence-corrected chi connectivity index (χ2v) is 4.09. The van der Waals surface area contributed by atoms with Crippen LogP contribution in [0.1, 0.15) is 15.9 Å². The number of carbonyl (C=O) groups is 1. The second kappa shape index (κ2) is 5.51. The molecular formula is C10H10Br2O3. The summed E-state index contributed by atoms with van der Waals surface area (Å²) in [5.74, 6) is 0.232. The Morgan fingerprint density at radius 1 is 1.40 bits per heavy atom. The Kier molecular flexibility index (Phi) is 4.60. The quantitative estimate of drug-likeness (QED) is 0.628. The van der Waals surface area contributed by atoms with Crippen molar-refractivity contribution in [1.29, 1.82) is 0 Å². The van der Waals surface area contributed by atoms with Gasteiger partial charge in [0.25, 0.3) is 0 Å². The number of rotatable bonds is 3. The minimum atomic E-state index is -0.379. The molecule has 0 aliphatic carbocycles. The Balaban J connectivity index is 3.35. The van der Waals surface area contributed by atoms with Crippen molar-refractivity contribution in [3.05, 3.63) is 27.7 Å². The highest BCUT2D eigenvalue weighted by atomic mass is 79.9. The standard InChI is InChI=1S/C10H10Br2O3/c1-14-7-4-3-6(5-11)8(9(7)12)10(13)15-2/h3-4H,5H2,1-2H3. The Morgan fingerprint density at radius 2 is 2.07 bits per heavy atom. The molecule has 1 aromatic carbocycles. The largest absolute Gasteiger partial charge is 0.496 e. The molecule has 0 amide bonds. The van der Waals surface area contributed by atoms with Crippen LogP contribution >= 0.6 is 31.9 Å². The van der Waals surface area contributed by atoms with Crippen LogP contribution in [-0.2, 0) is 10.1 Å². The second-order valence-electron chi connectivity index (χ2n) is 2.74. The van der Waals surface area contributed by atoms with E-state index in [-0.39, 0.29) is 5.97 Å². The fraction of sp³-hybridized carbons (Fsp3) is 0.300. The fourth-order valence-electron chi connectivity index (χ4n) is 1.19. The Hall–Kier alpha value is -0.550. The molecule has 0 atom stereocenters. The number of ether oxygens (including phenoxy) is 2. The maximum Gasteiger partial charge on any atom is 0.339 e. The van der Waals surface area contributed by atoms with Crippen molar-refractivity contribution < 1.29 is 14.3 Å². The smallest absolute Gasteiger partial charge is 0.339 e. The lowest BCUT2D eigenvalue weighted by molar-refractivity contribution is 0.0598. The van der Waals surface area contributed by atoms with E-state index in [4.69, 9.17) is 9.47 Å². The Morgan fingerprint density at radius 3 is 2.53 bits per heavy atom. The van der Waals surface area contributed by atoms with E-state index in [1.165, 1.54) is 7.11 Å². The lowest BCUT2D eigenvalue weighted by Gasteiger charge is -2.11. The van der Waals surface area contributed by atoms with E-state index in [1.807, 2.05) is 6.07 Å². The number of methoxy groups -OCH3 is 2. The number of alkyl halides is 1. The summed E-state index contributed by atoms with van der Waals surface area (Å²) in [6, 6.07) is 3.62. The van der Waals surface area contributed by atoms with Crippen LogP contribution in [-0.4, -0.2) is 20.2 Å². The molecule has 0 saturated carbocycles. The van der Waals surface area contributed by atoms with Crippen LogP contribution in [0.25, 0.3) is 0 Å². The van der Waals surface area contributed by atoms with Gasteiger partial charge in [-0.2, -0.15) is 0 Å². The highest BCUT2D eigenvalue weighted by Crippen LogP contribution is 2.32. The van der Waals surface area contributed by atoms with Gasteiger partial charge in [-0.3, -0.25) is 0 Å². The van der Waals surface area contributed by atoms with E-state index < -0.39 is 0 Å². The molecule has 15 heavy (non-hydrogen) atoms. The summed E-state index contributed by atoms with van der Waals surface area (Å²) in [4.78, 5) is 11.6. The maximum atomic E-state index is 11.6. The van der Waals surface area contributed by atoms with Gasteiger partial charge in [0.1, 0.15) is 5.75 Å². The highest BCUT2D eigenvalue weighted by Gasteiger charge is 2.18. The molecule has 1 rings (SSSR count). The molecule has 0 fully saturated rings. The van der Waals surface area contributed by atoms with Crippen LogP contribution in [0.15, 0.2) is 16.6 Å². The van der Waals surface area contributed by atoms with E-state index in [0.717, 1.165) is 5.56 Å². The average molecular weight is 338 g/mol. The van der Waals surface area contributed by atoms with Gasteiger partial charge in [0.2, 0.25) is 0 Å². The van der Waals surface area contributed by atoms with Crippen LogP contribution in [0, 0.1) is 0 Å². The minimum absolute atomic E-state index is 0.379. The summed E-state index contributed by atoms with van der Waals surface area (Å²) < 4.78 is 10.4. The zero-order valence-corrected chi connectivity index (χ0v) is 11.5. The molecule has 1 aromatic rings. The average Bonchev–Trinajstić information content (AvgIpc) is 2.27. The van der Waals surface area contributed by atoms with E-state index in [1.54, 1.807) is 13.2 Å². The lowest BCUT2D eigenvalue weighted by Crippen LogP contribution is -2.07. The van der Waals surface area contributed by atoms with E-state index >= 15 is 0 Å². The third-order valence-electron chi connectivity index (χ3n) is 1.95. The Labute approximate surface area is 105 Å². The molecular weight excluding hydrogens is 328 g/mol. The monoisotopic (exact) mass is 336 g/mol. The first-order valence-corrected chi connectivity index (χ1v) is 6.06. The zero-order valence-electron chi connectivity index (χ0n) is 8.34. The highest BCUT2D eigenvalue weighted by molar-refractivity contribution is 9.10. The molecule has 3 nitrogen and oxygen atoms in total. The maximum absolute atomic E-state index is 11.6. The molecule has 0 heterocycles. The summed E-state index contributed by atoms with van der Waals surface area (Å²) in [6.45, 7) is 0. The lowest BCUT2D eigenvalue weighted by atomic mass is 10.1. The van der Waals surface area contributed by atoms with Crippen molar-refractivity contribution in [3.63, 3.8) is 0 Å². The predicted octanol–water partition coefficient (Wildman–Crippen LogP) is 3.14. The SMILES string of the molecule is COC(=O)c1c(CBr)ccc(OC)c1Br. The molecule has 0 unspecified atom stereocenters. The van der Waals surface area contributed by atoms with Gasteiger partial charge in [-0.05, 0) is 27.6 Å². The molecule has 0 saturated heterocycles. The van der Waals surface area contributed by atoms with Crippen molar-refractivity contribution in [2.45, 2.75) is 5.33 Å². The summed E-state index contributed by atoms with van der Waals surface area (Å²) in [6.07, 6.45) is 0. The van der Waals surface area contributed by atoms with Gasteiger partial charge in [0.05, 0.1) is 24.3 Å². The van der Waals surface area contributed by atoms with Crippen molar-refractivity contribution in [1.82, 2.24) is 0 Å². The van der Waals surface area contributed by atoms with Crippen LogP contribution in [0.4, 0.5) is 0 Å². The molecule has 0 radical (unpaired) electrons. The summed E-state index contributed by atoms with van der Waals surface area (Å²) in [5.41, 5.74) is 1.35. The van der Waals surface area contributed by atoms with Crippen LogP contribution in [0.2, 0.25) is 0 Å². The van der Waals surface area contributed by atoms with Gasteiger partial charge in [0, 0.05) is 5.33 Å². The van der Waals surface area contributed by atoms with Crippen molar-refractivity contribution in [2.24, 2.45) is 0 Å². The minimum Gasteiger partial charge on any atom is -0.496 e. The molecule has 0 spiro atoms. The molecule has 0 aromatic heterocycles. The summed E-state index contributed by atoms with van der Waals surface area (Å²) in [7, 11) is 2.90.